The molecule has 0 spiro atoms. The van der Waals surface area contributed by atoms with E-state index >= 15 is 0 Å². The normalized spacial score (nSPS) is 20.0. The van der Waals surface area contributed by atoms with Crippen LogP contribution in [0.3, 0.4) is 0 Å². The minimum Gasteiger partial charge on any atom is -0.287 e. The molecule has 18 heavy (non-hydrogen) atoms. The molecule has 1 unspecified atom stereocenters. The first-order valence-corrected chi connectivity index (χ1v) is 7.04. The summed E-state index contributed by atoms with van der Waals surface area (Å²) in [5.41, 5.74) is 1.34. The Labute approximate surface area is 110 Å². The third-order valence-corrected chi connectivity index (χ3v) is 5.00. The van der Waals surface area contributed by atoms with Gasteiger partial charge in [-0.15, -0.1) is 11.3 Å². The predicted octanol–water partition coefficient (Wildman–Crippen LogP) is 4.35. The molecule has 1 aliphatic carbocycles. The van der Waals surface area contributed by atoms with Gasteiger partial charge in [-0.2, -0.15) is 0 Å². The number of ketones is 1. The highest BCUT2D eigenvalue weighted by Crippen LogP contribution is 2.40. The minimum absolute atomic E-state index is 0.226. The summed E-state index contributed by atoms with van der Waals surface area (Å²) in [6.07, 6.45) is 0.0207. The van der Waals surface area contributed by atoms with E-state index in [1.165, 1.54) is 11.3 Å². The molecular formula is C14H18F2OS. The summed E-state index contributed by atoms with van der Waals surface area (Å²) in [6, 6.07) is 1.69. The lowest BCUT2D eigenvalue weighted by atomic mass is 9.72. The van der Waals surface area contributed by atoms with Crippen LogP contribution in [0.25, 0.3) is 0 Å². The predicted molar refractivity (Wildman–Crippen MR) is 69.6 cm³/mol. The minimum atomic E-state index is -2.89. The quantitative estimate of drug-likeness (QED) is 0.732. The average molecular weight is 272 g/mol. The maximum atomic E-state index is 12.4. The molecule has 0 N–H and O–H groups in total. The molecule has 0 amide bonds. The number of hydrogen-bond donors (Lipinski definition) is 0. The van der Waals surface area contributed by atoms with Crippen molar-refractivity contribution in [2.75, 3.05) is 0 Å². The van der Waals surface area contributed by atoms with E-state index in [-0.39, 0.29) is 10.3 Å². The number of carbonyl (C=O) groups excluding carboxylic acids is 1. The van der Waals surface area contributed by atoms with Crippen molar-refractivity contribution in [2.24, 2.45) is 11.3 Å². The summed E-state index contributed by atoms with van der Waals surface area (Å²) in [6.45, 7) is 6.63. The van der Waals surface area contributed by atoms with Crippen molar-refractivity contribution in [3.05, 3.63) is 21.4 Å². The van der Waals surface area contributed by atoms with E-state index in [2.05, 4.69) is 20.8 Å². The van der Waals surface area contributed by atoms with Gasteiger partial charge in [-0.1, -0.05) is 20.8 Å². The molecule has 0 saturated heterocycles. The van der Waals surface area contributed by atoms with Crippen LogP contribution in [-0.4, -0.2) is 12.2 Å². The van der Waals surface area contributed by atoms with E-state index in [4.69, 9.17) is 0 Å². The van der Waals surface area contributed by atoms with Crippen molar-refractivity contribution >= 4 is 17.1 Å². The largest absolute Gasteiger partial charge is 0.301 e. The van der Waals surface area contributed by atoms with Crippen molar-refractivity contribution < 1.29 is 13.6 Å². The van der Waals surface area contributed by atoms with E-state index in [9.17, 15) is 13.6 Å². The van der Waals surface area contributed by atoms with Crippen molar-refractivity contribution in [1.82, 2.24) is 0 Å². The molecule has 1 aromatic rings. The zero-order valence-electron chi connectivity index (χ0n) is 10.9. The van der Waals surface area contributed by atoms with Crippen LogP contribution < -0.4 is 0 Å². The summed E-state index contributed by atoms with van der Waals surface area (Å²) in [4.78, 5) is 12.7. The number of thiophene rings is 1. The SMILES string of the molecule is CC(C)(C)C1CCc2sc(C(=O)C(F)F)cc2C1. The number of hydrogen-bond acceptors (Lipinski definition) is 2. The average Bonchev–Trinajstić information content (AvgIpc) is 2.68. The highest BCUT2D eigenvalue weighted by molar-refractivity contribution is 7.14. The highest BCUT2D eigenvalue weighted by Gasteiger charge is 2.31. The van der Waals surface area contributed by atoms with Gasteiger partial charge in [-0.05, 0) is 42.2 Å². The Hall–Kier alpha value is -0.770. The zero-order valence-corrected chi connectivity index (χ0v) is 11.7. The molecule has 1 aliphatic rings. The number of Topliss-reactive ketones (excluding diaryl/α,β-unsaturated/α-hetero) is 1. The molecule has 100 valence electrons. The number of carbonyl (C=O) groups is 1. The van der Waals surface area contributed by atoms with E-state index in [0.29, 0.717) is 5.92 Å². The molecule has 1 aromatic heterocycles. The van der Waals surface area contributed by atoms with Gasteiger partial charge in [0.05, 0.1) is 4.88 Å². The van der Waals surface area contributed by atoms with Crippen LogP contribution in [0.15, 0.2) is 6.07 Å². The van der Waals surface area contributed by atoms with Gasteiger partial charge in [0.25, 0.3) is 0 Å². The van der Waals surface area contributed by atoms with E-state index in [1.54, 1.807) is 6.07 Å². The topological polar surface area (TPSA) is 17.1 Å². The van der Waals surface area contributed by atoms with Crippen LogP contribution in [0.1, 0.15) is 47.3 Å². The fourth-order valence-corrected chi connectivity index (χ4v) is 3.64. The van der Waals surface area contributed by atoms with Gasteiger partial charge in [0, 0.05) is 4.88 Å². The molecule has 0 saturated carbocycles. The van der Waals surface area contributed by atoms with Crippen molar-refractivity contribution in [3.8, 4) is 0 Å². The van der Waals surface area contributed by atoms with Crippen LogP contribution in [0, 0.1) is 11.3 Å². The van der Waals surface area contributed by atoms with Gasteiger partial charge in [-0.3, -0.25) is 4.79 Å². The fourth-order valence-electron chi connectivity index (χ4n) is 2.49. The standard InChI is InChI=1S/C14H18F2OS/c1-14(2,3)9-4-5-10-8(6-9)7-11(18-10)12(17)13(15)16/h7,9,13H,4-6H2,1-3H3. The summed E-state index contributed by atoms with van der Waals surface area (Å²) >= 11 is 1.25. The van der Waals surface area contributed by atoms with Gasteiger partial charge in [0.2, 0.25) is 5.78 Å². The Kier molecular flexibility index (Phi) is 3.58. The van der Waals surface area contributed by atoms with Crippen LogP contribution in [0.4, 0.5) is 8.78 Å². The molecule has 0 aliphatic heterocycles. The van der Waals surface area contributed by atoms with E-state index in [1.807, 2.05) is 0 Å². The van der Waals surface area contributed by atoms with Crippen LogP contribution in [-0.2, 0) is 12.8 Å². The van der Waals surface area contributed by atoms with Gasteiger partial charge in [0.15, 0.2) is 0 Å². The van der Waals surface area contributed by atoms with Crippen LogP contribution in [0.5, 0.6) is 0 Å². The summed E-state index contributed by atoms with van der Waals surface area (Å²) in [5, 5.41) is 0. The molecule has 1 atom stereocenters. The Balaban J connectivity index is 2.22. The number of rotatable bonds is 2. The number of aryl methyl sites for hydroxylation is 1. The third-order valence-electron chi connectivity index (χ3n) is 3.75. The molecule has 1 nitrogen and oxygen atoms in total. The Bertz CT molecular complexity index is 457. The first kappa shape index (κ1) is 13.7. The smallest absolute Gasteiger partial charge is 0.287 e. The lowest BCUT2D eigenvalue weighted by molar-refractivity contribution is 0.0683. The molecule has 0 aromatic carbocycles. The highest BCUT2D eigenvalue weighted by atomic mass is 32.1. The molecule has 0 fully saturated rings. The number of halogens is 2. The lowest BCUT2D eigenvalue weighted by Crippen LogP contribution is -2.26. The molecule has 1 heterocycles. The van der Waals surface area contributed by atoms with Gasteiger partial charge in [-0.25, -0.2) is 8.78 Å². The second kappa shape index (κ2) is 4.72. The zero-order chi connectivity index (χ0) is 13.5. The third kappa shape index (κ3) is 2.63. The molecule has 4 heteroatoms. The summed E-state index contributed by atoms with van der Waals surface area (Å²) in [7, 11) is 0. The van der Waals surface area contributed by atoms with Crippen molar-refractivity contribution in [1.29, 1.82) is 0 Å². The monoisotopic (exact) mass is 272 g/mol. The first-order valence-electron chi connectivity index (χ1n) is 6.23. The van der Waals surface area contributed by atoms with Gasteiger partial charge < -0.3 is 0 Å². The lowest BCUT2D eigenvalue weighted by Gasteiger charge is -2.33. The summed E-state index contributed by atoms with van der Waals surface area (Å²) in [5.74, 6) is -0.462. The van der Waals surface area contributed by atoms with Gasteiger partial charge in [0.1, 0.15) is 0 Å². The Morgan fingerprint density at radius 3 is 2.67 bits per heavy atom. The molecule has 2 rings (SSSR count). The van der Waals surface area contributed by atoms with E-state index in [0.717, 1.165) is 29.7 Å². The van der Waals surface area contributed by atoms with Crippen LogP contribution in [0.2, 0.25) is 0 Å². The van der Waals surface area contributed by atoms with Crippen LogP contribution >= 0.6 is 11.3 Å². The number of fused-ring (bicyclic) bond motifs is 1. The number of alkyl halides is 2. The van der Waals surface area contributed by atoms with E-state index < -0.39 is 12.2 Å². The Morgan fingerprint density at radius 1 is 1.44 bits per heavy atom. The molecular weight excluding hydrogens is 254 g/mol. The van der Waals surface area contributed by atoms with Gasteiger partial charge >= 0.3 is 6.43 Å². The Morgan fingerprint density at radius 2 is 2.11 bits per heavy atom. The maximum absolute atomic E-state index is 12.4. The first-order chi connectivity index (χ1) is 8.29. The summed E-state index contributed by atoms with van der Waals surface area (Å²) < 4.78 is 24.8. The molecule has 0 radical (unpaired) electrons. The fraction of sp³-hybridized carbons (Fsp3) is 0.643. The second-order valence-electron chi connectivity index (χ2n) is 6.03. The molecule has 0 bridgehead atoms. The van der Waals surface area contributed by atoms with Crippen molar-refractivity contribution in [3.63, 3.8) is 0 Å². The second-order valence-corrected chi connectivity index (χ2v) is 7.17. The maximum Gasteiger partial charge on any atom is 0.301 e. The van der Waals surface area contributed by atoms with Crippen molar-refractivity contribution in [2.45, 2.75) is 46.5 Å².